The van der Waals surface area contributed by atoms with Crippen LogP contribution in [0.3, 0.4) is 0 Å². The molecule has 0 radical (unpaired) electrons. The Morgan fingerprint density at radius 1 is 1.15 bits per heavy atom. The number of aliphatic hydroxyl groups is 1. The van der Waals surface area contributed by atoms with Crippen molar-refractivity contribution in [2.24, 2.45) is 0 Å². The largest absolute Gasteiger partial charge is 0.387 e. The van der Waals surface area contributed by atoms with E-state index in [1.54, 1.807) is 42.5 Å². The SMILES string of the molecule is N#Cc1ccc(C(O)CNc2cccc(Cl)c2Cl)cc1. The highest BCUT2D eigenvalue weighted by molar-refractivity contribution is 6.43. The molecule has 3 nitrogen and oxygen atoms in total. The predicted molar refractivity (Wildman–Crippen MR) is 81.1 cm³/mol. The number of nitriles is 1. The van der Waals surface area contributed by atoms with Gasteiger partial charge in [0.2, 0.25) is 0 Å². The van der Waals surface area contributed by atoms with Gasteiger partial charge in [0.05, 0.1) is 33.5 Å². The van der Waals surface area contributed by atoms with Gasteiger partial charge in [0, 0.05) is 6.54 Å². The second-order valence-corrected chi connectivity index (χ2v) is 5.02. The van der Waals surface area contributed by atoms with Crippen molar-refractivity contribution in [1.29, 1.82) is 5.26 Å². The van der Waals surface area contributed by atoms with Crippen molar-refractivity contribution in [2.45, 2.75) is 6.10 Å². The van der Waals surface area contributed by atoms with Gasteiger partial charge in [-0.2, -0.15) is 5.26 Å². The lowest BCUT2D eigenvalue weighted by atomic mass is 10.1. The summed E-state index contributed by atoms with van der Waals surface area (Å²) in [6.07, 6.45) is -0.696. The van der Waals surface area contributed by atoms with Gasteiger partial charge < -0.3 is 10.4 Å². The van der Waals surface area contributed by atoms with E-state index in [1.807, 2.05) is 6.07 Å². The Kier molecular flexibility index (Phi) is 4.86. The standard InChI is InChI=1S/C15H12Cl2N2O/c16-12-2-1-3-13(15(12)17)19-9-14(20)11-6-4-10(8-18)5-7-11/h1-7,14,19-20H,9H2. The third-order valence-electron chi connectivity index (χ3n) is 2.86. The zero-order valence-corrected chi connectivity index (χ0v) is 12.0. The van der Waals surface area contributed by atoms with Crippen molar-refractivity contribution in [3.8, 4) is 6.07 Å². The monoisotopic (exact) mass is 306 g/mol. The van der Waals surface area contributed by atoms with E-state index in [2.05, 4.69) is 5.32 Å². The van der Waals surface area contributed by atoms with E-state index in [0.29, 0.717) is 27.8 Å². The summed E-state index contributed by atoms with van der Waals surface area (Å²) in [6, 6.07) is 14.1. The van der Waals surface area contributed by atoms with Crippen LogP contribution in [0.25, 0.3) is 0 Å². The second-order valence-electron chi connectivity index (χ2n) is 4.23. The molecule has 0 saturated heterocycles. The second kappa shape index (κ2) is 6.62. The first-order chi connectivity index (χ1) is 9.61. The van der Waals surface area contributed by atoms with Crippen LogP contribution in [0.2, 0.25) is 10.0 Å². The Hall–Kier alpha value is -1.73. The first kappa shape index (κ1) is 14.7. The normalized spacial score (nSPS) is 11.7. The van der Waals surface area contributed by atoms with E-state index in [0.717, 1.165) is 5.56 Å². The highest BCUT2D eigenvalue weighted by Gasteiger charge is 2.09. The third-order valence-corrected chi connectivity index (χ3v) is 3.68. The summed E-state index contributed by atoms with van der Waals surface area (Å²) in [4.78, 5) is 0. The number of nitrogens with one attached hydrogen (secondary N) is 1. The Morgan fingerprint density at radius 3 is 2.50 bits per heavy atom. The maximum absolute atomic E-state index is 10.1. The van der Waals surface area contributed by atoms with Crippen LogP contribution in [-0.4, -0.2) is 11.7 Å². The molecular weight excluding hydrogens is 295 g/mol. The van der Waals surface area contributed by atoms with Crippen molar-refractivity contribution in [3.05, 3.63) is 63.6 Å². The zero-order valence-electron chi connectivity index (χ0n) is 10.5. The summed E-state index contributed by atoms with van der Waals surface area (Å²) in [5.74, 6) is 0. The van der Waals surface area contributed by atoms with Crippen molar-refractivity contribution in [1.82, 2.24) is 0 Å². The molecule has 0 spiro atoms. The summed E-state index contributed by atoms with van der Waals surface area (Å²) < 4.78 is 0. The quantitative estimate of drug-likeness (QED) is 0.897. The number of hydrogen-bond donors (Lipinski definition) is 2. The molecule has 1 unspecified atom stereocenters. The Labute approximate surface area is 127 Å². The Balaban J connectivity index is 2.03. The molecule has 20 heavy (non-hydrogen) atoms. The molecule has 2 aromatic rings. The molecule has 102 valence electrons. The molecule has 0 amide bonds. The molecule has 0 aliphatic heterocycles. The summed E-state index contributed by atoms with van der Waals surface area (Å²) in [5, 5.41) is 22.8. The fourth-order valence-corrected chi connectivity index (χ4v) is 2.11. The molecule has 0 aliphatic rings. The number of aliphatic hydroxyl groups excluding tert-OH is 1. The van der Waals surface area contributed by atoms with Crippen molar-refractivity contribution < 1.29 is 5.11 Å². The molecule has 2 rings (SSSR count). The number of benzene rings is 2. The van der Waals surface area contributed by atoms with Crippen LogP contribution >= 0.6 is 23.2 Å². The summed E-state index contributed by atoms with van der Waals surface area (Å²) in [5.41, 5.74) is 1.97. The minimum Gasteiger partial charge on any atom is -0.387 e. The molecule has 1 atom stereocenters. The van der Waals surface area contributed by atoms with Crippen molar-refractivity contribution >= 4 is 28.9 Å². The minimum atomic E-state index is -0.696. The van der Waals surface area contributed by atoms with E-state index in [4.69, 9.17) is 28.5 Å². The van der Waals surface area contributed by atoms with Crippen LogP contribution in [0.1, 0.15) is 17.2 Å². The lowest BCUT2D eigenvalue weighted by Crippen LogP contribution is -2.12. The van der Waals surface area contributed by atoms with Gasteiger partial charge in [0.1, 0.15) is 0 Å². The molecule has 0 aromatic heterocycles. The third kappa shape index (κ3) is 3.43. The Morgan fingerprint density at radius 2 is 1.85 bits per heavy atom. The van der Waals surface area contributed by atoms with Crippen LogP contribution in [0.4, 0.5) is 5.69 Å². The van der Waals surface area contributed by atoms with Gasteiger partial charge in [0.15, 0.2) is 0 Å². The maximum Gasteiger partial charge on any atom is 0.0991 e. The van der Waals surface area contributed by atoms with Crippen LogP contribution in [0, 0.1) is 11.3 Å². The van der Waals surface area contributed by atoms with Crippen LogP contribution in [0.15, 0.2) is 42.5 Å². The van der Waals surface area contributed by atoms with Gasteiger partial charge in [-0.25, -0.2) is 0 Å². The fraction of sp³-hybridized carbons (Fsp3) is 0.133. The number of hydrogen-bond acceptors (Lipinski definition) is 3. The van der Waals surface area contributed by atoms with Gasteiger partial charge >= 0.3 is 0 Å². The van der Waals surface area contributed by atoms with E-state index in [-0.39, 0.29) is 0 Å². The van der Waals surface area contributed by atoms with Crippen LogP contribution in [0.5, 0.6) is 0 Å². The number of nitrogens with zero attached hydrogens (tertiary/aromatic N) is 1. The van der Waals surface area contributed by atoms with Crippen LogP contribution < -0.4 is 5.32 Å². The average molecular weight is 307 g/mol. The van der Waals surface area contributed by atoms with Gasteiger partial charge in [-0.3, -0.25) is 0 Å². The lowest BCUT2D eigenvalue weighted by Gasteiger charge is -2.14. The zero-order chi connectivity index (χ0) is 14.5. The Bertz CT molecular complexity index is 635. The number of halogens is 2. The average Bonchev–Trinajstić information content (AvgIpc) is 2.48. The lowest BCUT2D eigenvalue weighted by molar-refractivity contribution is 0.191. The predicted octanol–water partition coefficient (Wildman–Crippen LogP) is 4.01. The number of anilines is 1. The molecule has 5 heteroatoms. The van der Waals surface area contributed by atoms with Gasteiger partial charge in [-0.1, -0.05) is 41.4 Å². The van der Waals surface area contributed by atoms with E-state index < -0.39 is 6.10 Å². The highest BCUT2D eigenvalue weighted by atomic mass is 35.5. The maximum atomic E-state index is 10.1. The molecule has 2 aromatic carbocycles. The van der Waals surface area contributed by atoms with E-state index in [9.17, 15) is 5.11 Å². The molecule has 2 N–H and O–H groups in total. The van der Waals surface area contributed by atoms with Gasteiger partial charge in [0.25, 0.3) is 0 Å². The first-order valence-electron chi connectivity index (χ1n) is 5.98. The van der Waals surface area contributed by atoms with E-state index in [1.165, 1.54) is 0 Å². The van der Waals surface area contributed by atoms with Crippen LogP contribution in [-0.2, 0) is 0 Å². The molecule has 0 bridgehead atoms. The minimum absolute atomic E-state index is 0.298. The highest BCUT2D eigenvalue weighted by Crippen LogP contribution is 2.29. The molecule has 0 heterocycles. The first-order valence-corrected chi connectivity index (χ1v) is 6.73. The van der Waals surface area contributed by atoms with Gasteiger partial charge in [-0.05, 0) is 29.8 Å². The number of rotatable bonds is 4. The molecule has 0 aliphatic carbocycles. The van der Waals surface area contributed by atoms with Crippen molar-refractivity contribution in [2.75, 3.05) is 11.9 Å². The topological polar surface area (TPSA) is 56.0 Å². The fourth-order valence-electron chi connectivity index (χ4n) is 1.74. The molecule has 0 fully saturated rings. The smallest absolute Gasteiger partial charge is 0.0991 e. The molecule has 0 saturated carbocycles. The summed E-state index contributed by atoms with van der Waals surface area (Å²) >= 11 is 12.0. The van der Waals surface area contributed by atoms with E-state index >= 15 is 0 Å². The summed E-state index contributed by atoms with van der Waals surface area (Å²) in [6.45, 7) is 0.298. The summed E-state index contributed by atoms with van der Waals surface area (Å²) in [7, 11) is 0. The van der Waals surface area contributed by atoms with Crippen molar-refractivity contribution in [3.63, 3.8) is 0 Å². The van der Waals surface area contributed by atoms with Gasteiger partial charge in [-0.15, -0.1) is 0 Å². The molecular formula is C15H12Cl2N2O.